The minimum atomic E-state index is -3.21. The Bertz CT molecular complexity index is 477. The molecular weight excluding hydrogens is 248 g/mol. The molecule has 1 aromatic heterocycles. The summed E-state index contributed by atoms with van der Waals surface area (Å²) in [5.74, 6) is 2.60. The van der Waals surface area contributed by atoms with Gasteiger partial charge in [0.15, 0.2) is 0 Å². The van der Waals surface area contributed by atoms with Gasteiger partial charge in [0, 0.05) is 31.3 Å². The number of terminal acetylenes is 1. The van der Waals surface area contributed by atoms with Gasteiger partial charge in [0.05, 0.1) is 5.75 Å². The summed E-state index contributed by atoms with van der Waals surface area (Å²) in [5.41, 5.74) is 0.787. The van der Waals surface area contributed by atoms with Gasteiger partial charge in [0.2, 0.25) is 10.0 Å². The Kier molecular flexibility index (Phi) is 6.40. The van der Waals surface area contributed by atoms with Crippen molar-refractivity contribution >= 4 is 10.0 Å². The first kappa shape index (κ1) is 14.7. The zero-order chi connectivity index (χ0) is 13.3. The zero-order valence-electron chi connectivity index (χ0n) is 10.3. The number of pyridine rings is 1. The molecule has 1 heterocycles. The average molecular weight is 266 g/mol. The molecule has 0 amide bonds. The summed E-state index contributed by atoms with van der Waals surface area (Å²) in [6.07, 6.45) is 9.51. The Balaban J connectivity index is 2.26. The third kappa shape index (κ3) is 6.38. The Morgan fingerprint density at radius 3 is 2.83 bits per heavy atom. The third-order valence-electron chi connectivity index (χ3n) is 2.42. The Morgan fingerprint density at radius 2 is 2.17 bits per heavy atom. The molecule has 0 spiro atoms. The number of unbranched alkanes of at least 4 members (excludes halogenated alkanes) is 2. The first-order valence-corrected chi connectivity index (χ1v) is 7.60. The van der Waals surface area contributed by atoms with Crippen molar-refractivity contribution < 1.29 is 8.42 Å². The predicted octanol–water partition coefficient (Wildman–Crippen LogP) is 1.35. The van der Waals surface area contributed by atoms with Gasteiger partial charge in [-0.1, -0.05) is 6.07 Å². The van der Waals surface area contributed by atoms with Crippen molar-refractivity contribution in [1.82, 2.24) is 9.71 Å². The van der Waals surface area contributed by atoms with Crippen LogP contribution in [-0.2, 0) is 16.4 Å². The highest BCUT2D eigenvalue weighted by Gasteiger charge is 2.09. The van der Waals surface area contributed by atoms with Crippen LogP contribution in [0.15, 0.2) is 24.4 Å². The van der Waals surface area contributed by atoms with Crippen LogP contribution in [0.1, 0.15) is 25.0 Å². The smallest absolute Gasteiger partial charge is 0.211 e. The van der Waals surface area contributed by atoms with E-state index in [9.17, 15) is 8.42 Å². The number of nitrogens with one attached hydrogen (secondary N) is 1. The molecule has 1 N–H and O–H groups in total. The van der Waals surface area contributed by atoms with Crippen molar-refractivity contribution in [3.8, 4) is 12.3 Å². The lowest BCUT2D eigenvalue weighted by Crippen LogP contribution is -2.28. The lowest BCUT2D eigenvalue weighted by molar-refractivity contribution is 0.576. The van der Waals surface area contributed by atoms with E-state index < -0.39 is 10.0 Å². The predicted molar refractivity (Wildman–Crippen MR) is 72.4 cm³/mol. The molecule has 98 valence electrons. The molecule has 0 aliphatic carbocycles. The van der Waals surface area contributed by atoms with E-state index in [0.717, 1.165) is 18.5 Å². The van der Waals surface area contributed by atoms with Crippen molar-refractivity contribution in [1.29, 1.82) is 0 Å². The standard InChI is InChI=1S/C13H18N2O2S/c1-2-3-4-6-11-15-18(16,17)12-9-13-8-5-7-10-14-13/h1,5,7-8,10,15H,3-4,6,9,11-12H2. The molecule has 0 atom stereocenters. The Morgan fingerprint density at radius 1 is 1.33 bits per heavy atom. The van der Waals surface area contributed by atoms with Crippen LogP contribution >= 0.6 is 0 Å². The highest BCUT2D eigenvalue weighted by Crippen LogP contribution is 1.98. The normalized spacial score (nSPS) is 11.1. The fourth-order valence-electron chi connectivity index (χ4n) is 1.44. The van der Waals surface area contributed by atoms with Gasteiger partial charge in [-0.15, -0.1) is 12.3 Å². The van der Waals surface area contributed by atoms with E-state index in [2.05, 4.69) is 15.6 Å². The molecule has 0 radical (unpaired) electrons. The summed E-state index contributed by atoms with van der Waals surface area (Å²) in [6, 6.07) is 5.48. The lowest BCUT2D eigenvalue weighted by Gasteiger charge is -2.05. The molecule has 0 saturated heterocycles. The second kappa shape index (κ2) is 7.85. The number of rotatable bonds is 8. The van der Waals surface area contributed by atoms with Crippen LogP contribution in [0.5, 0.6) is 0 Å². The van der Waals surface area contributed by atoms with Gasteiger partial charge >= 0.3 is 0 Å². The quantitative estimate of drug-likeness (QED) is 0.571. The number of hydrogen-bond donors (Lipinski definition) is 1. The van der Waals surface area contributed by atoms with Crippen LogP contribution in [0.2, 0.25) is 0 Å². The maximum absolute atomic E-state index is 11.7. The zero-order valence-corrected chi connectivity index (χ0v) is 11.1. The van der Waals surface area contributed by atoms with Crippen molar-refractivity contribution in [3.63, 3.8) is 0 Å². The van der Waals surface area contributed by atoms with E-state index in [1.807, 2.05) is 18.2 Å². The summed E-state index contributed by atoms with van der Waals surface area (Å²) in [6.45, 7) is 0.451. The van der Waals surface area contributed by atoms with E-state index in [-0.39, 0.29) is 5.75 Å². The first-order valence-electron chi connectivity index (χ1n) is 5.95. The third-order valence-corrected chi connectivity index (χ3v) is 3.81. The topological polar surface area (TPSA) is 59.1 Å². The Labute approximate surface area is 109 Å². The number of sulfonamides is 1. The highest BCUT2D eigenvalue weighted by atomic mass is 32.2. The number of aryl methyl sites for hydroxylation is 1. The molecule has 1 aromatic rings. The van der Waals surface area contributed by atoms with E-state index >= 15 is 0 Å². The number of nitrogens with zero attached hydrogens (tertiary/aromatic N) is 1. The minimum Gasteiger partial charge on any atom is -0.261 e. The van der Waals surface area contributed by atoms with Crippen molar-refractivity contribution in [2.75, 3.05) is 12.3 Å². The van der Waals surface area contributed by atoms with Crippen LogP contribution in [0, 0.1) is 12.3 Å². The average Bonchev–Trinajstić information content (AvgIpc) is 2.38. The van der Waals surface area contributed by atoms with Crippen LogP contribution in [-0.4, -0.2) is 25.7 Å². The van der Waals surface area contributed by atoms with Gasteiger partial charge in [0.1, 0.15) is 0 Å². The van der Waals surface area contributed by atoms with Gasteiger partial charge < -0.3 is 0 Å². The molecule has 1 rings (SSSR count). The molecular formula is C13H18N2O2S. The second-order valence-corrected chi connectivity index (χ2v) is 5.87. The molecule has 4 nitrogen and oxygen atoms in total. The number of aromatic nitrogens is 1. The largest absolute Gasteiger partial charge is 0.261 e. The van der Waals surface area contributed by atoms with E-state index in [4.69, 9.17) is 6.42 Å². The van der Waals surface area contributed by atoms with Gasteiger partial charge in [-0.25, -0.2) is 13.1 Å². The molecule has 0 bridgehead atoms. The molecule has 0 aliphatic heterocycles. The van der Waals surface area contributed by atoms with Gasteiger partial charge in [-0.05, 0) is 25.0 Å². The SMILES string of the molecule is C#CCCCCNS(=O)(=O)CCc1ccccn1. The number of hydrogen-bond acceptors (Lipinski definition) is 3. The molecule has 0 unspecified atom stereocenters. The van der Waals surface area contributed by atoms with Crippen molar-refractivity contribution in [3.05, 3.63) is 30.1 Å². The summed E-state index contributed by atoms with van der Waals surface area (Å²) in [7, 11) is -3.21. The minimum absolute atomic E-state index is 0.0686. The van der Waals surface area contributed by atoms with Crippen LogP contribution in [0.25, 0.3) is 0 Å². The van der Waals surface area contributed by atoms with Gasteiger partial charge in [0.25, 0.3) is 0 Å². The van der Waals surface area contributed by atoms with Gasteiger partial charge in [-0.3, -0.25) is 4.98 Å². The highest BCUT2D eigenvalue weighted by molar-refractivity contribution is 7.89. The summed E-state index contributed by atoms with van der Waals surface area (Å²) < 4.78 is 25.9. The first-order chi connectivity index (χ1) is 8.64. The van der Waals surface area contributed by atoms with E-state index in [0.29, 0.717) is 19.4 Å². The van der Waals surface area contributed by atoms with Crippen molar-refractivity contribution in [2.24, 2.45) is 0 Å². The van der Waals surface area contributed by atoms with E-state index in [1.54, 1.807) is 6.20 Å². The molecule has 0 saturated carbocycles. The fourth-order valence-corrected chi connectivity index (χ4v) is 2.51. The van der Waals surface area contributed by atoms with Gasteiger partial charge in [-0.2, -0.15) is 0 Å². The summed E-state index contributed by atoms with van der Waals surface area (Å²) in [4.78, 5) is 4.09. The molecule has 0 fully saturated rings. The van der Waals surface area contributed by atoms with Crippen LogP contribution in [0.4, 0.5) is 0 Å². The molecule has 5 heteroatoms. The summed E-state index contributed by atoms with van der Waals surface area (Å²) in [5, 5.41) is 0. The Hall–Kier alpha value is -1.38. The molecule has 0 aromatic carbocycles. The fraction of sp³-hybridized carbons (Fsp3) is 0.462. The lowest BCUT2D eigenvalue weighted by atomic mass is 10.2. The molecule has 0 aliphatic rings. The second-order valence-electron chi connectivity index (χ2n) is 3.95. The maximum atomic E-state index is 11.7. The monoisotopic (exact) mass is 266 g/mol. The van der Waals surface area contributed by atoms with Crippen LogP contribution < -0.4 is 4.72 Å². The van der Waals surface area contributed by atoms with Crippen molar-refractivity contribution in [2.45, 2.75) is 25.7 Å². The summed E-state index contributed by atoms with van der Waals surface area (Å²) >= 11 is 0. The molecule has 18 heavy (non-hydrogen) atoms. The van der Waals surface area contributed by atoms with E-state index in [1.165, 1.54) is 0 Å². The maximum Gasteiger partial charge on any atom is 0.211 e. The van der Waals surface area contributed by atoms with Crippen LogP contribution in [0.3, 0.4) is 0 Å².